The highest BCUT2D eigenvalue weighted by Crippen LogP contribution is 2.37. The lowest BCUT2D eigenvalue weighted by molar-refractivity contribution is -0.183. The summed E-state index contributed by atoms with van der Waals surface area (Å²) >= 11 is 0. The first kappa shape index (κ1) is 14.3. The monoisotopic (exact) mass is 297 g/mol. The molecule has 2 rings (SSSR count). The van der Waals surface area contributed by atoms with Crippen LogP contribution >= 0.6 is 0 Å². The molecule has 0 bridgehead atoms. The molecule has 0 aromatic carbocycles. The molecular weight excluding hydrogens is 283 g/mol. The zero-order valence-corrected chi connectivity index (χ0v) is 10.8. The van der Waals surface area contributed by atoms with Gasteiger partial charge in [-0.05, 0) is 19.3 Å². The van der Waals surface area contributed by atoms with Gasteiger partial charge in [0.2, 0.25) is 0 Å². The molecule has 5 nitrogen and oxygen atoms in total. The van der Waals surface area contributed by atoms with Gasteiger partial charge in [0.05, 0.1) is 18.4 Å². The molecule has 2 unspecified atom stereocenters. The first-order valence-corrected chi connectivity index (χ1v) is 7.35. The van der Waals surface area contributed by atoms with Crippen LogP contribution in [0.15, 0.2) is 17.6 Å². The topological polar surface area (TPSA) is 74.8 Å². The molecule has 2 atom stereocenters. The van der Waals surface area contributed by atoms with Crippen molar-refractivity contribution in [3.8, 4) is 0 Å². The van der Waals surface area contributed by atoms with Gasteiger partial charge in [0.1, 0.15) is 0 Å². The molecule has 0 spiro atoms. The van der Waals surface area contributed by atoms with Gasteiger partial charge in [0, 0.05) is 6.04 Å². The van der Waals surface area contributed by atoms with Crippen LogP contribution in [0.1, 0.15) is 25.7 Å². The molecule has 1 fully saturated rings. The molecule has 0 aliphatic heterocycles. The number of imidazole rings is 1. The Morgan fingerprint density at radius 1 is 1.37 bits per heavy atom. The number of halogens is 3. The van der Waals surface area contributed by atoms with Crippen molar-refractivity contribution in [1.82, 2.24) is 14.7 Å². The Kier molecular flexibility index (Phi) is 3.86. The van der Waals surface area contributed by atoms with Crippen LogP contribution in [0.4, 0.5) is 13.2 Å². The number of hydrogen-bond acceptors (Lipinski definition) is 3. The first-order valence-electron chi connectivity index (χ1n) is 5.86. The lowest BCUT2D eigenvalue weighted by Crippen LogP contribution is -2.41. The molecule has 1 heterocycles. The molecule has 1 saturated carbocycles. The summed E-state index contributed by atoms with van der Waals surface area (Å²) in [5.41, 5.74) is 0. The summed E-state index contributed by atoms with van der Waals surface area (Å²) in [6, 6.07) is -0.686. The molecule has 1 aliphatic rings. The number of nitrogens with zero attached hydrogens (tertiary/aromatic N) is 1. The highest BCUT2D eigenvalue weighted by Gasteiger charge is 2.42. The minimum atomic E-state index is -4.27. The Morgan fingerprint density at radius 3 is 2.68 bits per heavy atom. The summed E-state index contributed by atoms with van der Waals surface area (Å²) in [6.07, 6.45) is -1.32. The van der Waals surface area contributed by atoms with E-state index in [1.807, 2.05) is 0 Å². The van der Waals surface area contributed by atoms with Crippen molar-refractivity contribution < 1.29 is 21.6 Å². The van der Waals surface area contributed by atoms with Gasteiger partial charge < -0.3 is 4.98 Å². The number of nitrogens with one attached hydrogen (secondary N) is 2. The summed E-state index contributed by atoms with van der Waals surface area (Å²) in [5.74, 6) is -1.43. The average Bonchev–Trinajstić information content (AvgIpc) is 2.81. The summed E-state index contributed by atoms with van der Waals surface area (Å²) < 4.78 is 63.9. The van der Waals surface area contributed by atoms with E-state index in [9.17, 15) is 21.6 Å². The van der Waals surface area contributed by atoms with E-state index in [-0.39, 0.29) is 17.9 Å². The molecule has 19 heavy (non-hydrogen) atoms. The third-order valence-electron chi connectivity index (χ3n) is 3.22. The minimum Gasteiger partial charge on any atom is -0.335 e. The molecule has 0 saturated heterocycles. The van der Waals surface area contributed by atoms with Crippen LogP contribution in [0.3, 0.4) is 0 Å². The van der Waals surface area contributed by atoms with Gasteiger partial charge in [0.25, 0.3) is 10.0 Å². The number of sulfonamides is 1. The second-order valence-electron chi connectivity index (χ2n) is 4.64. The van der Waals surface area contributed by atoms with Gasteiger partial charge in [-0.3, -0.25) is 0 Å². The van der Waals surface area contributed by atoms with E-state index < -0.39 is 28.2 Å². The molecule has 9 heteroatoms. The fraction of sp³-hybridized carbons (Fsp3) is 0.700. The van der Waals surface area contributed by atoms with Crippen LogP contribution in [0, 0.1) is 5.92 Å². The Hall–Kier alpha value is -1.09. The largest absolute Gasteiger partial charge is 0.391 e. The van der Waals surface area contributed by atoms with E-state index in [1.165, 1.54) is 6.33 Å². The number of aromatic amines is 1. The predicted molar refractivity (Wildman–Crippen MR) is 60.7 cm³/mol. The SMILES string of the molecule is O=S(=O)(NC1CCCC(C(F)(F)F)C1)c1cnc[nH]1. The van der Waals surface area contributed by atoms with Gasteiger partial charge in [-0.15, -0.1) is 0 Å². The molecule has 1 aromatic heterocycles. The molecule has 1 aromatic rings. The second kappa shape index (κ2) is 5.12. The number of hydrogen-bond donors (Lipinski definition) is 2. The molecule has 2 N–H and O–H groups in total. The molecule has 0 amide bonds. The Balaban J connectivity index is 2.04. The van der Waals surface area contributed by atoms with Gasteiger partial charge in [-0.1, -0.05) is 6.42 Å². The molecule has 1 aliphatic carbocycles. The summed E-state index contributed by atoms with van der Waals surface area (Å²) in [4.78, 5) is 6.01. The van der Waals surface area contributed by atoms with E-state index in [0.717, 1.165) is 6.20 Å². The van der Waals surface area contributed by atoms with Crippen LogP contribution in [-0.2, 0) is 10.0 Å². The van der Waals surface area contributed by atoms with E-state index in [1.54, 1.807) is 0 Å². The minimum absolute atomic E-state index is 0.0613. The Bertz CT molecular complexity index is 513. The van der Waals surface area contributed by atoms with Gasteiger partial charge in [0.15, 0.2) is 5.03 Å². The first-order chi connectivity index (χ1) is 8.79. The van der Waals surface area contributed by atoms with E-state index in [2.05, 4.69) is 14.7 Å². The Labute approximate surface area is 108 Å². The molecule has 108 valence electrons. The standard InChI is InChI=1S/C10H14F3N3O2S/c11-10(12,13)7-2-1-3-8(4-7)16-19(17,18)9-5-14-6-15-9/h5-8,16H,1-4H2,(H,14,15). The van der Waals surface area contributed by atoms with Crippen molar-refractivity contribution in [2.24, 2.45) is 5.92 Å². The molecular formula is C10H14F3N3O2S. The van der Waals surface area contributed by atoms with Crippen LogP contribution in [-0.4, -0.2) is 30.6 Å². The second-order valence-corrected chi connectivity index (χ2v) is 6.32. The van der Waals surface area contributed by atoms with Crippen LogP contribution in [0.5, 0.6) is 0 Å². The van der Waals surface area contributed by atoms with E-state index in [4.69, 9.17) is 0 Å². The third kappa shape index (κ3) is 3.47. The van der Waals surface area contributed by atoms with Crippen LogP contribution < -0.4 is 4.72 Å². The third-order valence-corrected chi connectivity index (χ3v) is 4.67. The maximum atomic E-state index is 12.6. The van der Waals surface area contributed by atoms with Crippen molar-refractivity contribution in [2.75, 3.05) is 0 Å². The van der Waals surface area contributed by atoms with E-state index >= 15 is 0 Å². The summed E-state index contributed by atoms with van der Waals surface area (Å²) in [7, 11) is -3.82. The highest BCUT2D eigenvalue weighted by atomic mass is 32.2. The maximum absolute atomic E-state index is 12.6. The fourth-order valence-electron chi connectivity index (χ4n) is 2.27. The number of aromatic nitrogens is 2. The van der Waals surface area contributed by atoms with Crippen molar-refractivity contribution in [3.05, 3.63) is 12.5 Å². The van der Waals surface area contributed by atoms with Gasteiger partial charge in [-0.2, -0.15) is 13.2 Å². The van der Waals surface area contributed by atoms with Crippen LogP contribution in [0.25, 0.3) is 0 Å². The van der Waals surface area contributed by atoms with Crippen LogP contribution in [0.2, 0.25) is 0 Å². The van der Waals surface area contributed by atoms with Gasteiger partial charge >= 0.3 is 6.18 Å². The fourth-order valence-corrected chi connectivity index (χ4v) is 3.45. The van der Waals surface area contributed by atoms with E-state index in [0.29, 0.717) is 12.8 Å². The zero-order chi connectivity index (χ0) is 14.1. The van der Waals surface area contributed by atoms with Crippen molar-refractivity contribution >= 4 is 10.0 Å². The van der Waals surface area contributed by atoms with Gasteiger partial charge in [-0.25, -0.2) is 18.1 Å². The lowest BCUT2D eigenvalue weighted by atomic mass is 9.86. The predicted octanol–water partition coefficient (Wildman–Crippen LogP) is 1.81. The number of rotatable bonds is 3. The smallest absolute Gasteiger partial charge is 0.335 e. The normalized spacial score (nSPS) is 25.4. The lowest BCUT2D eigenvalue weighted by Gasteiger charge is -2.30. The average molecular weight is 297 g/mol. The van der Waals surface area contributed by atoms with Crippen molar-refractivity contribution in [2.45, 2.75) is 42.9 Å². The zero-order valence-electron chi connectivity index (χ0n) is 9.94. The number of H-pyrrole nitrogens is 1. The quantitative estimate of drug-likeness (QED) is 0.893. The summed E-state index contributed by atoms with van der Waals surface area (Å²) in [5, 5.41) is -0.137. The molecule has 0 radical (unpaired) electrons. The van der Waals surface area contributed by atoms with Crippen molar-refractivity contribution in [1.29, 1.82) is 0 Å². The summed E-state index contributed by atoms with van der Waals surface area (Å²) in [6.45, 7) is 0. The van der Waals surface area contributed by atoms with Crippen molar-refractivity contribution in [3.63, 3.8) is 0 Å². The highest BCUT2D eigenvalue weighted by molar-refractivity contribution is 7.89. The maximum Gasteiger partial charge on any atom is 0.391 e. The number of alkyl halides is 3. The Morgan fingerprint density at radius 2 is 2.11 bits per heavy atom.